The van der Waals surface area contributed by atoms with Gasteiger partial charge in [0.1, 0.15) is 5.82 Å². The molecule has 24 heavy (non-hydrogen) atoms. The van der Waals surface area contributed by atoms with E-state index in [-0.39, 0.29) is 17.8 Å². The summed E-state index contributed by atoms with van der Waals surface area (Å²) < 4.78 is 18.7. The lowest BCUT2D eigenvalue weighted by atomic mass is 9.97. The van der Waals surface area contributed by atoms with E-state index in [1.54, 1.807) is 0 Å². The van der Waals surface area contributed by atoms with Gasteiger partial charge in [0.2, 0.25) is 5.76 Å². The van der Waals surface area contributed by atoms with E-state index in [4.69, 9.17) is 4.42 Å². The Morgan fingerprint density at radius 1 is 1.17 bits per heavy atom. The molecule has 1 N–H and O–H groups in total. The lowest BCUT2D eigenvalue weighted by Gasteiger charge is -2.13. The molecule has 0 bridgehead atoms. The Kier molecular flexibility index (Phi) is 3.87. The molecular weight excluding hydrogens is 307 g/mol. The number of carbonyl (C=O) groups is 1. The van der Waals surface area contributed by atoms with Crippen LogP contribution in [-0.2, 0) is 0 Å². The van der Waals surface area contributed by atoms with Crippen LogP contribution in [0.4, 0.5) is 4.39 Å². The topological polar surface area (TPSA) is 55.1 Å². The first-order valence-electron chi connectivity index (χ1n) is 8.64. The van der Waals surface area contributed by atoms with E-state index in [9.17, 15) is 9.18 Å². The zero-order chi connectivity index (χ0) is 16.7. The summed E-state index contributed by atoms with van der Waals surface area (Å²) in [7, 11) is 0. The van der Waals surface area contributed by atoms with E-state index in [1.165, 1.54) is 12.1 Å². The normalized spacial score (nSPS) is 23.4. The van der Waals surface area contributed by atoms with Gasteiger partial charge in [0.15, 0.2) is 5.89 Å². The van der Waals surface area contributed by atoms with Crippen molar-refractivity contribution in [2.75, 3.05) is 0 Å². The highest BCUT2D eigenvalue weighted by Gasteiger charge is 2.32. The van der Waals surface area contributed by atoms with Crippen LogP contribution >= 0.6 is 0 Å². The van der Waals surface area contributed by atoms with Crippen molar-refractivity contribution in [3.8, 4) is 0 Å². The number of aryl methyl sites for hydroxylation is 1. The molecule has 2 fully saturated rings. The molecule has 2 aliphatic rings. The molecule has 0 aliphatic heterocycles. The molecule has 126 valence electrons. The zero-order valence-corrected chi connectivity index (χ0v) is 13.7. The Bertz CT molecular complexity index is 749. The zero-order valence-electron chi connectivity index (χ0n) is 13.7. The smallest absolute Gasteiger partial charge is 0.289 e. The molecule has 0 spiro atoms. The Labute approximate surface area is 140 Å². The molecule has 2 saturated carbocycles. The largest absolute Gasteiger partial charge is 0.435 e. The number of nitrogens with one attached hydrogen (secondary N) is 1. The van der Waals surface area contributed by atoms with Crippen molar-refractivity contribution in [2.45, 2.75) is 56.9 Å². The summed E-state index contributed by atoms with van der Waals surface area (Å²) in [6.45, 7) is 1.82. The SMILES string of the molecule is Cc1nc(C2CC2)oc1C(=O)N[C@H]1CC[C@@H](c2ccc(F)cc2)C1. The maximum absolute atomic E-state index is 13.0. The van der Waals surface area contributed by atoms with Gasteiger partial charge < -0.3 is 9.73 Å². The van der Waals surface area contributed by atoms with Crippen molar-refractivity contribution in [1.29, 1.82) is 0 Å². The fraction of sp³-hybridized carbons (Fsp3) is 0.474. The van der Waals surface area contributed by atoms with Gasteiger partial charge in [0, 0.05) is 12.0 Å². The van der Waals surface area contributed by atoms with Crippen molar-refractivity contribution in [1.82, 2.24) is 10.3 Å². The van der Waals surface area contributed by atoms with Crippen LogP contribution in [0.15, 0.2) is 28.7 Å². The lowest BCUT2D eigenvalue weighted by molar-refractivity contribution is 0.0907. The summed E-state index contributed by atoms with van der Waals surface area (Å²) in [6.07, 6.45) is 5.00. The molecule has 1 aromatic heterocycles. The van der Waals surface area contributed by atoms with Crippen LogP contribution < -0.4 is 5.32 Å². The average molecular weight is 328 g/mol. The van der Waals surface area contributed by atoms with E-state index in [1.807, 2.05) is 19.1 Å². The van der Waals surface area contributed by atoms with Gasteiger partial charge in [-0.3, -0.25) is 4.79 Å². The van der Waals surface area contributed by atoms with Crippen molar-refractivity contribution in [3.05, 3.63) is 53.0 Å². The number of amides is 1. The fourth-order valence-corrected chi connectivity index (χ4v) is 3.53. The van der Waals surface area contributed by atoms with Gasteiger partial charge in [-0.25, -0.2) is 9.37 Å². The Balaban J connectivity index is 1.39. The van der Waals surface area contributed by atoms with Crippen LogP contribution in [-0.4, -0.2) is 16.9 Å². The summed E-state index contributed by atoms with van der Waals surface area (Å²) in [5, 5.41) is 3.07. The van der Waals surface area contributed by atoms with Gasteiger partial charge >= 0.3 is 0 Å². The van der Waals surface area contributed by atoms with Crippen LogP contribution in [0.3, 0.4) is 0 Å². The highest BCUT2D eigenvalue weighted by molar-refractivity contribution is 5.92. The predicted octanol–water partition coefficient (Wildman–Crippen LogP) is 4.07. The molecule has 1 amide bonds. The molecular formula is C19H21FN2O2. The van der Waals surface area contributed by atoms with E-state index in [0.717, 1.165) is 37.7 Å². The summed E-state index contributed by atoms with van der Waals surface area (Å²) >= 11 is 0. The molecule has 2 aliphatic carbocycles. The summed E-state index contributed by atoms with van der Waals surface area (Å²) in [4.78, 5) is 16.8. The number of aromatic nitrogens is 1. The molecule has 0 radical (unpaired) electrons. The second-order valence-electron chi connectivity index (χ2n) is 6.97. The van der Waals surface area contributed by atoms with Gasteiger partial charge in [0.25, 0.3) is 5.91 Å². The highest BCUT2D eigenvalue weighted by atomic mass is 19.1. The number of carbonyl (C=O) groups excluding carboxylic acids is 1. The van der Waals surface area contributed by atoms with Crippen molar-refractivity contribution in [2.24, 2.45) is 0 Å². The third-order valence-corrected chi connectivity index (χ3v) is 5.06. The minimum atomic E-state index is -0.214. The first-order valence-corrected chi connectivity index (χ1v) is 8.64. The standard InChI is InChI=1S/C19H21FN2O2/c1-11-17(24-19(21-11)13-2-3-13)18(23)22-16-9-6-14(10-16)12-4-7-15(20)8-5-12/h4-5,7-8,13-14,16H,2-3,6,9-10H2,1H3,(H,22,23)/t14-,16+/m1/s1. The number of rotatable bonds is 4. The second kappa shape index (κ2) is 6.04. The molecule has 0 unspecified atom stereocenters. The first-order chi connectivity index (χ1) is 11.6. The van der Waals surface area contributed by atoms with E-state index >= 15 is 0 Å². The monoisotopic (exact) mass is 328 g/mol. The molecule has 2 aromatic rings. The van der Waals surface area contributed by atoms with Crippen molar-refractivity contribution < 1.29 is 13.6 Å². The van der Waals surface area contributed by atoms with Crippen LogP contribution in [0.25, 0.3) is 0 Å². The minimum Gasteiger partial charge on any atom is -0.435 e. The number of hydrogen-bond acceptors (Lipinski definition) is 3. The van der Waals surface area contributed by atoms with Crippen LogP contribution in [0, 0.1) is 12.7 Å². The summed E-state index contributed by atoms with van der Waals surface area (Å²) in [5.74, 6) is 1.44. The Morgan fingerprint density at radius 3 is 2.58 bits per heavy atom. The van der Waals surface area contributed by atoms with Crippen LogP contribution in [0.1, 0.15) is 71.6 Å². The van der Waals surface area contributed by atoms with Gasteiger partial charge in [-0.1, -0.05) is 12.1 Å². The second-order valence-corrected chi connectivity index (χ2v) is 6.97. The summed E-state index contributed by atoms with van der Waals surface area (Å²) in [6, 6.07) is 6.80. The van der Waals surface area contributed by atoms with Gasteiger partial charge in [-0.2, -0.15) is 0 Å². The maximum atomic E-state index is 13.0. The Morgan fingerprint density at radius 2 is 1.88 bits per heavy atom. The fourth-order valence-electron chi connectivity index (χ4n) is 3.53. The number of nitrogens with zero attached hydrogens (tertiary/aromatic N) is 1. The van der Waals surface area contributed by atoms with Crippen molar-refractivity contribution in [3.63, 3.8) is 0 Å². The average Bonchev–Trinajstić information content (AvgIpc) is 3.19. The van der Waals surface area contributed by atoms with Crippen LogP contribution in [0.5, 0.6) is 0 Å². The minimum absolute atomic E-state index is 0.126. The number of halogens is 1. The first kappa shape index (κ1) is 15.4. The molecule has 0 saturated heterocycles. The van der Waals surface area contributed by atoms with E-state index in [0.29, 0.717) is 29.2 Å². The molecule has 1 aromatic carbocycles. The number of oxazole rings is 1. The number of benzene rings is 1. The summed E-state index contributed by atoms with van der Waals surface area (Å²) in [5.41, 5.74) is 1.81. The van der Waals surface area contributed by atoms with E-state index < -0.39 is 0 Å². The molecule has 2 atom stereocenters. The molecule has 4 rings (SSSR count). The van der Waals surface area contributed by atoms with Crippen LogP contribution in [0.2, 0.25) is 0 Å². The van der Waals surface area contributed by atoms with Gasteiger partial charge in [-0.15, -0.1) is 0 Å². The number of hydrogen-bond donors (Lipinski definition) is 1. The molecule has 4 nitrogen and oxygen atoms in total. The highest BCUT2D eigenvalue weighted by Crippen LogP contribution is 2.40. The molecule has 5 heteroatoms. The molecule has 1 heterocycles. The third-order valence-electron chi connectivity index (χ3n) is 5.06. The Hall–Kier alpha value is -2.17. The predicted molar refractivity (Wildman–Crippen MR) is 87.5 cm³/mol. The van der Waals surface area contributed by atoms with Crippen molar-refractivity contribution >= 4 is 5.91 Å². The van der Waals surface area contributed by atoms with Gasteiger partial charge in [-0.05, 0) is 62.6 Å². The van der Waals surface area contributed by atoms with E-state index in [2.05, 4.69) is 10.3 Å². The van der Waals surface area contributed by atoms with Gasteiger partial charge in [0.05, 0.1) is 5.69 Å². The third kappa shape index (κ3) is 3.07. The maximum Gasteiger partial charge on any atom is 0.289 e. The quantitative estimate of drug-likeness (QED) is 0.920. The lowest BCUT2D eigenvalue weighted by Crippen LogP contribution is -2.33.